The number of nitrogens with zero attached hydrogens (tertiary/aromatic N) is 1. The molecule has 1 aromatic carbocycles. The SMILES string of the molecule is COc1cccc(-c2cc(C(=O)NCCS)[nH]n2)c1. The maximum Gasteiger partial charge on any atom is 0.269 e. The molecule has 19 heavy (non-hydrogen) atoms. The highest BCUT2D eigenvalue weighted by Gasteiger charge is 2.10. The van der Waals surface area contributed by atoms with E-state index in [1.165, 1.54) is 0 Å². The summed E-state index contributed by atoms with van der Waals surface area (Å²) >= 11 is 4.04. The highest BCUT2D eigenvalue weighted by molar-refractivity contribution is 7.80. The Morgan fingerprint density at radius 2 is 2.32 bits per heavy atom. The van der Waals surface area contributed by atoms with E-state index in [1.54, 1.807) is 13.2 Å². The lowest BCUT2D eigenvalue weighted by Crippen LogP contribution is -2.25. The quantitative estimate of drug-likeness (QED) is 0.729. The van der Waals surface area contributed by atoms with Gasteiger partial charge in [-0.1, -0.05) is 12.1 Å². The second-order valence-corrected chi connectivity index (χ2v) is 4.33. The van der Waals surface area contributed by atoms with Crippen molar-refractivity contribution in [2.24, 2.45) is 0 Å². The Labute approximate surface area is 116 Å². The molecule has 0 atom stereocenters. The van der Waals surface area contributed by atoms with E-state index in [1.807, 2.05) is 24.3 Å². The maximum atomic E-state index is 11.7. The molecule has 0 unspecified atom stereocenters. The molecule has 1 aromatic heterocycles. The van der Waals surface area contributed by atoms with Gasteiger partial charge in [0.15, 0.2) is 0 Å². The van der Waals surface area contributed by atoms with Crippen LogP contribution in [0.5, 0.6) is 5.75 Å². The van der Waals surface area contributed by atoms with Crippen molar-refractivity contribution >= 4 is 18.5 Å². The van der Waals surface area contributed by atoms with Crippen LogP contribution in [0.15, 0.2) is 30.3 Å². The summed E-state index contributed by atoms with van der Waals surface area (Å²) in [7, 11) is 1.61. The molecular weight excluding hydrogens is 262 g/mol. The number of H-pyrrole nitrogens is 1. The number of hydrogen-bond acceptors (Lipinski definition) is 4. The molecule has 0 aliphatic rings. The Hall–Kier alpha value is -1.95. The fraction of sp³-hybridized carbons (Fsp3) is 0.231. The first-order valence-corrected chi connectivity index (χ1v) is 6.46. The van der Waals surface area contributed by atoms with Gasteiger partial charge in [-0.3, -0.25) is 9.89 Å². The van der Waals surface area contributed by atoms with Crippen molar-refractivity contribution in [2.45, 2.75) is 0 Å². The Balaban J connectivity index is 2.18. The number of aromatic nitrogens is 2. The number of nitrogens with one attached hydrogen (secondary N) is 2. The summed E-state index contributed by atoms with van der Waals surface area (Å²) < 4.78 is 5.16. The molecule has 0 aliphatic heterocycles. The van der Waals surface area contributed by atoms with Crippen molar-refractivity contribution < 1.29 is 9.53 Å². The molecule has 0 saturated carbocycles. The third kappa shape index (κ3) is 3.29. The van der Waals surface area contributed by atoms with Crippen LogP contribution < -0.4 is 10.1 Å². The molecule has 1 amide bonds. The zero-order valence-electron chi connectivity index (χ0n) is 10.5. The molecule has 2 N–H and O–H groups in total. The maximum absolute atomic E-state index is 11.7. The molecule has 5 nitrogen and oxygen atoms in total. The number of carbonyl (C=O) groups is 1. The van der Waals surface area contributed by atoms with E-state index in [4.69, 9.17) is 4.74 Å². The van der Waals surface area contributed by atoms with E-state index in [9.17, 15) is 4.79 Å². The highest BCUT2D eigenvalue weighted by atomic mass is 32.1. The first kappa shape index (κ1) is 13.5. The van der Waals surface area contributed by atoms with Gasteiger partial charge in [0.05, 0.1) is 12.8 Å². The van der Waals surface area contributed by atoms with Crippen LogP contribution in [-0.2, 0) is 0 Å². The van der Waals surface area contributed by atoms with E-state index in [0.29, 0.717) is 23.7 Å². The monoisotopic (exact) mass is 277 g/mol. The number of rotatable bonds is 5. The first-order chi connectivity index (χ1) is 9.24. The largest absolute Gasteiger partial charge is 0.497 e. The third-order valence-electron chi connectivity index (χ3n) is 2.59. The Kier molecular flexibility index (Phi) is 4.46. The molecule has 0 spiro atoms. The fourth-order valence-electron chi connectivity index (χ4n) is 1.63. The highest BCUT2D eigenvalue weighted by Crippen LogP contribution is 2.22. The van der Waals surface area contributed by atoms with Crippen LogP contribution in [0.1, 0.15) is 10.5 Å². The number of methoxy groups -OCH3 is 1. The zero-order chi connectivity index (χ0) is 13.7. The van der Waals surface area contributed by atoms with Gasteiger partial charge in [-0.15, -0.1) is 0 Å². The minimum Gasteiger partial charge on any atom is -0.497 e. The molecule has 2 rings (SSSR count). The molecule has 0 fully saturated rings. The van der Waals surface area contributed by atoms with Crippen LogP contribution in [0.4, 0.5) is 0 Å². The molecule has 0 aliphatic carbocycles. The topological polar surface area (TPSA) is 67.0 Å². The van der Waals surface area contributed by atoms with Crippen molar-refractivity contribution in [2.75, 3.05) is 19.4 Å². The van der Waals surface area contributed by atoms with Gasteiger partial charge in [0.1, 0.15) is 11.4 Å². The summed E-state index contributed by atoms with van der Waals surface area (Å²) in [6, 6.07) is 9.22. The van der Waals surface area contributed by atoms with E-state index in [0.717, 1.165) is 11.3 Å². The number of ether oxygens (including phenoxy) is 1. The van der Waals surface area contributed by atoms with Gasteiger partial charge in [-0.05, 0) is 18.2 Å². The smallest absolute Gasteiger partial charge is 0.269 e. The Morgan fingerprint density at radius 1 is 1.47 bits per heavy atom. The standard InChI is InChI=1S/C13H15N3O2S/c1-18-10-4-2-3-9(7-10)11-8-12(16-15-11)13(17)14-5-6-19/h2-4,7-8,19H,5-6H2,1H3,(H,14,17)(H,15,16). The lowest BCUT2D eigenvalue weighted by Gasteiger charge is -2.01. The van der Waals surface area contributed by atoms with Gasteiger partial charge in [0.2, 0.25) is 0 Å². The molecule has 2 aromatic rings. The Morgan fingerprint density at radius 3 is 3.05 bits per heavy atom. The second kappa shape index (κ2) is 6.29. The number of aromatic amines is 1. The van der Waals surface area contributed by atoms with Crippen molar-refractivity contribution in [3.8, 4) is 17.0 Å². The number of thiol groups is 1. The van der Waals surface area contributed by atoms with Gasteiger partial charge >= 0.3 is 0 Å². The van der Waals surface area contributed by atoms with Crippen LogP contribution in [0.3, 0.4) is 0 Å². The van der Waals surface area contributed by atoms with Crippen molar-refractivity contribution in [3.05, 3.63) is 36.0 Å². The van der Waals surface area contributed by atoms with Gasteiger partial charge in [0.25, 0.3) is 5.91 Å². The van der Waals surface area contributed by atoms with Gasteiger partial charge < -0.3 is 10.1 Å². The number of amides is 1. The van der Waals surface area contributed by atoms with Crippen molar-refractivity contribution in [1.82, 2.24) is 15.5 Å². The van der Waals surface area contributed by atoms with E-state index >= 15 is 0 Å². The number of hydrogen-bond donors (Lipinski definition) is 3. The molecule has 0 saturated heterocycles. The van der Waals surface area contributed by atoms with Crippen LogP contribution in [0, 0.1) is 0 Å². The van der Waals surface area contributed by atoms with E-state index in [-0.39, 0.29) is 5.91 Å². The molecule has 1 heterocycles. The second-order valence-electron chi connectivity index (χ2n) is 3.88. The summed E-state index contributed by atoms with van der Waals surface area (Å²) in [6.45, 7) is 0.523. The summed E-state index contributed by atoms with van der Waals surface area (Å²) in [5.74, 6) is 1.17. The lowest BCUT2D eigenvalue weighted by atomic mass is 10.1. The zero-order valence-corrected chi connectivity index (χ0v) is 11.4. The first-order valence-electron chi connectivity index (χ1n) is 5.83. The van der Waals surface area contributed by atoms with E-state index in [2.05, 4.69) is 28.1 Å². The summed E-state index contributed by atoms with van der Waals surface area (Å²) in [4.78, 5) is 11.7. The summed E-state index contributed by atoms with van der Waals surface area (Å²) in [5.41, 5.74) is 2.03. The minimum absolute atomic E-state index is 0.185. The van der Waals surface area contributed by atoms with Gasteiger partial charge in [-0.25, -0.2) is 0 Å². The van der Waals surface area contributed by atoms with E-state index < -0.39 is 0 Å². The average molecular weight is 277 g/mol. The number of benzene rings is 1. The summed E-state index contributed by atoms with van der Waals surface area (Å²) in [6.07, 6.45) is 0. The molecule has 100 valence electrons. The van der Waals surface area contributed by atoms with Crippen molar-refractivity contribution in [1.29, 1.82) is 0 Å². The molecular formula is C13H15N3O2S. The fourth-order valence-corrected chi connectivity index (χ4v) is 1.74. The summed E-state index contributed by atoms with van der Waals surface area (Å²) in [5, 5.41) is 9.58. The Bertz CT molecular complexity index is 569. The van der Waals surface area contributed by atoms with Crippen LogP contribution >= 0.6 is 12.6 Å². The molecule has 0 bridgehead atoms. The molecule has 6 heteroatoms. The van der Waals surface area contributed by atoms with Crippen LogP contribution in [-0.4, -0.2) is 35.5 Å². The minimum atomic E-state index is -0.185. The van der Waals surface area contributed by atoms with Crippen LogP contribution in [0.25, 0.3) is 11.3 Å². The third-order valence-corrected chi connectivity index (χ3v) is 2.81. The number of carbonyl (C=O) groups excluding carboxylic acids is 1. The lowest BCUT2D eigenvalue weighted by molar-refractivity contribution is 0.0951. The van der Waals surface area contributed by atoms with Crippen molar-refractivity contribution in [3.63, 3.8) is 0 Å². The van der Waals surface area contributed by atoms with Crippen LogP contribution in [0.2, 0.25) is 0 Å². The van der Waals surface area contributed by atoms with Gasteiger partial charge in [0, 0.05) is 17.9 Å². The normalized spacial score (nSPS) is 10.2. The predicted octanol–water partition coefficient (Wildman–Crippen LogP) is 1.74. The van der Waals surface area contributed by atoms with Gasteiger partial charge in [-0.2, -0.15) is 17.7 Å². The predicted molar refractivity (Wildman–Crippen MR) is 76.8 cm³/mol. The average Bonchev–Trinajstić information content (AvgIpc) is 2.94. The molecule has 0 radical (unpaired) electrons.